The third-order valence-electron chi connectivity index (χ3n) is 3.04. The minimum Gasteiger partial charge on any atom is -0.494 e. The van der Waals surface area contributed by atoms with Crippen molar-refractivity contribution in [3.8, 4) is 5.75 Å². The molecule has 2 nitrogen and oxygen atoms in total. The zero-order chi connectivity index (χ0) is 13.8. The van der Waals surface area contributed by atoms with Gasteiger partial charge in [0.15, 0.2) is 0 Å². The first-order chi connectivity index (χ1) is 9.33. The van der Waals surface area contributed by atoms with Gasteiger partial charge < -0.3 is 10.1 Å². The third-order valence-corrected chi connectivity index (χ3v) is 3.57. The van der Waals surface area contributed by atoms with Crippen LogP contribution in [-0.4, -0.2) is 19.7 Å². The lowest BCUT2D eigenvalue weighted by atomic mass is 10.2. The predicted octanol–water partition coefficient (Wildman–Crippen LogP) is 4.78. The van der Waals surface area contributed by atoms with Crippen LogP contribution in [0.25, 0.3) is 0 Å². The summed E-state index contributed by atoms with van der Waals surface area (Å²) in [5.74, 6) is 0.962. The number of nitrogens with one attached hydrogen (secondary N) is 1. The van der Waals surface area contributed by atoms with E-state index >= 15 is 0 Å². The van der Waals surface area contributed by atoms with Gasteiger partial charge in [0.05, 0.1) is 6.61 Å². The SMILES string of the molecule is CCCCNCCCCCCOc1ccc(Br)cc1. The van der Waals surface area contributed by atoms with Crippen LogP contribution in [0.3, 0.4) is 0 Å². The summed E-state index contributed by atoms with van der Waals surface area (Å²) in [6.07, 6.45) is 7.54. The van der Waals surface area contributed by atoms with E-state index in [1.807, 2.05) is 24.3 Å². The van der Waals surface area contributed by atoms with Crippen LogP contribution in [0, 0.1) is 0 Å². The molecule has 0 saturated heterocycles. The molecule has 0 aromatic heterocycles. The first-order valence-electron chi connectivity index (χ1n) is 7.42. The standard InChI is InChI=1S/C16H26BrNO/c1-2-3-12-18-13-6-4-5-7-14-19-16-10-8-15(17)9-11-16/h8-11,18H,2-7,12-14H2,1H3. The fourth-order valence-corrected chi connectivity index (χ4v) is 2.12. The fraction of sp³-hybridized carbons (Fsp3) is 0.625. The number of rotatable bonds is 11. The minimum atomic E-state index is 0.824. The van der Waals surface area contributed by atoms with Gasteiger partial charge in [-0.05, 0) is 56.6 Å². The molecule has 0 aliphatic rings. The Morgan fingerprint density at radius 1 is 0.947 bits per heavy atom. The zero-order valence-corrected chi connectivity index (χ0v) is 13.5. The van der Waals surface area contributed by atoms with E-state index in [1.54, 1.807) is 0 Å². The summed E-state index contributed by atoms with van der Waals surface area (Å²) >= 11 is 3.42. The molecule has 0 unspecified atom stereocenters. The quantitative estimate of drug-likeness (QED) is 0.590. The zero-order valence-electron chi connectivity index (χ0n) is 12.0. The first-order valence-corrected chi connectivity index (χ1v) is 8.21. The van der Waals surface area contributed by atoms with Gasteiger partial charge in [0.2, 0.25) is 0 Å². The highest BCUT2D eigenvalue weighted by Gasteiger charge is 1.94. The van der Waals surface area contributed by atoms with Gasteiger partial charge in [0.1, 0.15) is 5.75 Å². The average Bonchev–Trinajstić information content (AvgIpc) is 2.43. The molecule has 0 amide bonds. The molecule has 0 radical (unpaired) electrons. The van der Waals surface area contributed by atoms with Crippen LogP contribution in [0.1, 0.15) is 45.4 Å². The fourth-order valence-electron chi connectivity index (χ4n) is 1.85. The molecule has 0 heterocycles. The second-order valence-electron chi connectivity index (χ2n) is 4.82. The lowest BCUT2D eigenvalue weighted by Gasteiger charge is -2.06. The van der Waals surface area contributed by atoms with Crippen molar-refractivity contribution in [2.45, 2.75) is 45.4 Å². The molecular formula is C16H26BrNO. The van der Waals surface area contributed by atoms with Crippen molar-refractivity contribution in [1.29, 1.82) is 0 Å². The van der Waals surface area contributed by atoms with Crippen molar-refractivity contribution < 1.29 is 4.74 Å². The maximum Gasteiger partial charge on any atom is 0.119 e. The van der Waals surface area contributed by atoms with Gasteiger partial charge in [-0.2, -0.15) is 0 Å². The van der Waals surface area contributed by atoms with Gasteiger partial charge in [-0.3, -0.25) is 0 Å². The van der Waals surface area contributed by atoms with E-state index in [0.717, 1.165) is 29.8 Å². The monoisotopic (exact) mass is 327 g/mol. The summed E-state index contributed by atoms with van der Waals surface area (Å²) in [5, 5.41) is 3.47. The average molecular weight is 328 g/mol. The van der Waals surface area contributed by atoms with Crippen LogP contribution in [0.5, 0.6) is 5.75 Å². The molecule has 0 fully saturated rings. The molecule has 108 valence electrons. The molecule has 0 spiro atoms. The molecule has 0 aliphatic carbocycles. The number of benzene rings is 1. The van der Waals surface area contributed by atoms with E-state index < -0.39 is 0 Å². The van der Waals surface area contributed by atoms with Gasteiger partial charge in [0.25, 0.3) is 0 Å². The summed E-state index contributed by atoms with van der Waals surface area (Å²) in [6.45, 7) is 5.38. The first kappa shape index (κ1) is 16.5. The number of ether oxygens (including phenoxy) is 1. The molecule has 1 aromatic carbocycles. The largest absolute Gasteiger partial charge is 0.494 e. The topological polar surface area (TPSA) is 21.3 Å². The smallest absolute Gasteiger partial charge is 0.119 e. The highest BCUT2D eigenvalue weighted by molar-refractivity contribution is 9.10. The Hall–Kier alpha value is -0.540. The van der Waals surface area contributed by atoms with Crippen LogP contribution in [0.15, 0.2) is 28.7 Å². The van der Waals surface area contributed by atoms with Crippen LogP contribution in [-0.2, 0) is 0 Å². The van der Waals surface area contributed by atoms with E-state index in [4.69, 9.17) is 4.74 Å². The Kier molecular flexibility index (Phi) is 9.82. The van der Waals surface area contributed by atoms with Gasteiger partial charge in [0, 0.05) is 4.47 Å². The second kappa shape index (κ2) is 11.3. The molecule has 1 aromatic rings. The Labute approximate surface area is 126 Å². The molecule has 3 heteroatoms. The van der Waals surface area contributed by atoms with Crippen molar-refractivity contribution in [2.24, 2.45) is 0 Å². The summed E-state index contributed by atoms with van der Waals surface area (Å²) in [5.41, 5.74) is 0. The van der Waals surface area contributed by atoms with Gasteiger partial charge in [-0.1, -0.05) is 42.1 Å². The van der Waals surface area contributed by atoms with Crippen molar-refractivity contribution >= 4 is 15.9 Å². The molecule has 1 N–H and O–H groups in total. The summed E-state index contributed by atoms with van der Waals surface area (Å²) in [7, 11) is 0. The molecule has 1 rings (SSSR count). The van der Waals surface area contributed by atoms with Gasteiger partial charge >= 0.3 is 0 Å². The van der Waals surface area contributed by atoms with Gasteiger partial charge in [-0.25, -0.2) is 0 Å². The van der Waals surface area contributed by atoms with Gasteiger partial charge in [-0.15, -0.1) is 0 Å². The molecule has 0 bridgehead atoms. The lowest BCUT2D eigenvalue weighted by Crippen LogP contribution is -2.16. The van der Waals surface area contributed by atoms with E-state index in [-0.39, 0.29) is 0 Å². The van der Waals surface area contributed by atoms with Crippen molar-refractivity contribution in [3.63, 3.8) is 0 Å². The minimum absolute atomic E-state index is 0.824. The van der Waals surface area contributed by atoms with Crippen LogP contribution in [0.4, 0.5) is 0 Å². The van der Waals surface area contributed by atoms with E-state index in [2.05, 4.69) is 28.2 Å². The number of unbranched alkanes of at least 4 members (excludes halogenated alkanes) is 4. The van der Waals surface area contributed by atoms with Crippen LogP contribution >= 0.6 is 15.9 Å². The van der Waals surface area contributed by atoms with Crippen LogP contribution in [0.2, 0.25) is 0 Å². The van der Waals surface area contributed by atoms with Crippen molar-refractivity contribution in [2.75, 3.05) is 19.7 Å². The van der Waals surface area contributed by atoms with E-state index in [1.165, 1.54) is 38.6 Å². The maximum atomic E-state index is 5.68. The lowest BCUT2D eigenvalue weighted by molar-refractivity contribution is 0.304. The normalized spacial score (nSPS) is 10.6. The third kappa shape index (κ3) is 9.06. The Morgan fingerprint density at radius 3 is 2.37 bits per heavy atom. The second-order valence-corrected chi connectivity index (χ2v) is 5.74. The number of halogens is 1. The summed E-state index contributed by atoms with van der Waals surface area (Å²) in [4.78, 5) is 0. The number of hydrogen-bond donors (Lipinski definition) is 1. The summed E-state index contributed by atoms with van der Waals surface area (Å²) < 4.78 is 6.78. The molecule has 0 saturated carbocycles. The molecule has 19 heavy (non-hydrogen) atoms. The molecular weight excluding hydrogens is 302 g/mol. The Morgan fingerprint density at radius 2 is 1.63 bits per heavy atom. The van der Waals surface area contributed by atoms with Crippen LogP contribution < -0.4 is 10.1 Å². The highest BCUT2D eigenvalue weighted by atomic mass is 79.9. The maximum absolute atomic E-state index is 5.68. The predicted molar refractivity (Wildman–Crippen MR) is 85.9 cm³/mol. The molecule has 0 aliphatic heterocycles. The van der Waals surface area contributed by atoms with Crippen molar-refractivity contribution in [1.82, 2.24) is 5.32 Å². The number of hydrogen-bond acceptors (Lipinski definition) is 2. The Balaban J connectivity index is 1.87. The molecule has 0 atom stereocenters. The highest BCUT2D eigenvalue weighted by Crippen LogP contribution is 2.16. The van der Waals surface area contributed by atoms with Crippen molar-refractivity contribution in [3.05, 3.63) is 28.7 Å². The van der Waals surface area contributed by atoms with E-state index in [9.17, 15) is 0 Å². The summed E-state index contributed by atoms with van der Waals surface area (Å²) in [6, 6.07) is 8.03. The van der Waals surface area contributed by atoms with E-state index in [0.29, 0.717) is 0 Å². The Bertz CT molecular complexity index is 313.